The molecule has 9 heteroatoms. The van der Waals surface area contributed by atoms with Gasteiger partial charge in [-0.25, -0.2) is 0 Å². The van der Waals surface area contributed by atoms with E-state index < -0.39 is 29.1 Å². The summed E-state index contributed by atoms with van der Waals surface area (Å²) in [6.07, 6.45) is 1.40. The number of aliphatic hydroxyl groups excluding tert-OH is 1. The summed E-state index contributed by atoms with van der Waals surface area (Å²) in [5.41, 5.74) is -0.421. The second-order valence-corrected chi connectivity index (χ2v) is 10.5. The molecule has 38 heavy (non-hydrogen) atoms. The predicted octanol–water partition coefficient (Wildman–Crippen LogP) is 2.49. The third-order valence-electron chi connectivity index (χ3n) is 8.11. The molecule has 0 radical (unpaired) electrons. The summed E-state index contributed by atoms with van der Waals surface area (Å²) in [4.78, 5) is 42.7. The SMILES string of the molecule is CCOc1ccc(NC(=O)[C@H]2[C@H]3C(=O)N(CCCO)C(C(=O)NCc4ccccc4)C34CC[C@]2(C)O4)cc1. The van der Waals surface area contributed by atoms with Crippen LogP contribution in [0.15, 0.2) is 54.6 Å². The molecule has 3 amide bonds. The lowest BCUT2D eigenvalue weighted by atomic mass is 9.66. The van der Waals surface area contributed by atoms with E-state index in [-0.39, 0.29) is 30.9 Å². The molecule has 1 spiro atoms. The van der Waals surface area contributed by atoms with Crippen molar-refractivity contribution in [2.45, 2.75) is 56.9 Å². The van der Waals surface area contributed by atoms with E-state index in [0.29, 0.717) is 43.9 Å². The number of anilines is 1. The number of rotatable bonds is 10. The number of ether oxygens (including phenoxy) is 2. The van der Waals surface area contributed by atoms with Gasteiger partial charge in [-0.15, -0.1) is 0 Å². The summed E-state index contributed by atoms with van der Waals surface area (Å²) in [6, 6.07) is 15.8. The van der Waals surface area contributed by atoms with Crippen LogP contribution in [0.3, 0.4) is 0 Å². The third-order valence-corrected chi connectivity index (χ3v) is 8.11. The zero-order chi connectivity index (χ0) is 26.9. The van der Waals surface area contributed by atoms with E-state index in [0.717, 1.165) is 5.56 Å². The number of aliphatic hydroxyl groups is 1. The summed E-state index contributed by atoms with van der Waals surface area (Å²) < 4.78 is 12.1. The molecule has 3 aliphatic heterocycles. The number of carbonyl (C=O) groups is 3. The molecule has 0 saturated carbocycles. The van der Waals surface area contributed by atoms with Crippen LogP contribution in [0.2, 0.25) is 0 Å². The molecule has 3 saturated heterocycles. The smallest absolute Gasteiger partial charge is 0.246 e. The molecule has 202 valence electrons. The van der Waals surface area contributed by atoms with Gasteiger partial charge in [-0.1, -0.05) is 30.3 Å². The van der Waals surface area contributed by atoms with Crippen LogP contribution in [0, 0.1) is 11.8 Å². The Morgan fingerprint density at radius 1 is 1.11 bits per heavy atom. The van der Waals surface area contributed by atoms with E-state index in [2.05, 4.69) is 10.6 Å². The molecule has 0 aromatic heterocycles. The zero-order valence-electron chi connectivity index (χ0n) is 21.8. The van der Waals surface area contributed by atoms with Crippen molar-refractivity contribution in [3.05, 3.63) is 60.2 Å². The van der Waals surface area contributed by atoms with Gasteiger partial charge in [0, 0.05) is 25.4 Å². The number of hydrogen-bond acceptors (Lipinski definition) is 6. The Morgan fingerprint density at radius 3 is 2.53 bits per heavy atom. The van der Waals surface area contributed by atoms with Crippen molar-refractivity contribution in [1.82, 2.24) is 10.2 Å². The second kappa shape index (κ2) is 10.4. The second-order valence-electron chi connectivity index (χ2n) is 10.5. The van der Waals surface area contributed by atoms with Crippen molar-refractivity contribution in [3.63, 3.8) is 0 Å². The van der Waals surface area contributed by atoms with Gasteiger partial charge < -0.3 is 30.1 Å². The number of amides is 3. The van der Waals surface area contributed by atoms with Crippen molar-refractivity contribution >= 4 is 23.4 Å². The highest BCUT2D eigenvalue weighted by molar-refractivity contribution is 6.02. The van der Waals surface area contributed by atoms with Gasteiger partial charge in [0.1, 0.15) is 17.4 Å². The summed E-state index contributed by atoms with van der Waals surface area (Å²) >= 11 is 0. The van der Waals surface area contributed by atoms with Crippen LogP contribution in [0.1, 0.15) is 38.7 Å². The lowest BCUT2D eigenvalue weighted by molar-refractivity contribution is -0.145. The summed E-state index contributed by atoms with van der Waals surface area (Å²) in [5, 5.41) is 15.4. The van der Waals surface area contributed by atoms with E-state index in [1.807, 2.05) is 44.2 Å². The van der Waals surface area contributed by atoms with Crippen LogP contribution < -0.4 is 15.4 Å². The molecule has 2 aromatic rings. The number of likely N-dealkylation sites (tertiary alicyclic amines) is 1. The minimum Gasteiger partial charge on any atom is -0.494 e. The molecule has 2 bridgehead atoms. The quantitative estimate of drug-likeness (QED) is 0.442. The fraction of sp³-hybridized carbons (Fsp3) is 0.483. The normalized spacial score (nSPS) is 29.3. The Balaban J connectivity index is 1.41. The highest BCUT2D eigenvalue weighted by atomic mass is 16.5. The highest BCUT2D eigenvalue weighted by Crippen LogP contribution is 2.63. The number of hydrogen-bond donors (Lipinski definition) is 3. The Labute approximate surface area is 222 Å². The van der Waals surface area contributed by atoms with E-state index >= 15 is 0 Å². The van der Waals surface area contributed by atoms with E-state index in [4.69, 9.17) is 9.47 Å². The van der Waals surface area contributed by atoms with Gasteiger partial charge in [-0.3, -0.25) is 14.4 Å². The van der Waals surface area contributed by atoms with Crippen molar-refractivity contribution in [2.75, 3.05) is 25.1 Å². The molecular formula is C29H35N3O6. The maximum atomic E-state index is 13.9. The van der Waals surface area contributed by atoms with E-state index in [1.165, 1.54) is 4.90 Å². The topological polar surface area (TPSA) is 117 Å². The fourth-order valence-corrected chi connectivity index (χ4v) is 6.51. The maximum Gasteiger partial charge on any atom is 0.246 e. The molecule has 2 unspecified atom stereocenters. The van der Waals surface area contributed by atoms with Crippen LogP contribution in [0.25, 0.3) is 0 Å². The van der Waals surface area contributed by atoms with Crippen LogP contribution in [-0.2, 0) is 25.7 Å². The van der Waals surface area contributed by atoms with Crippen LogP contribution in [0.4, 0.5) is 5.69 Å². The zero-order valence-corrected chi connectivity index (χ0v) is 21.8. The molecule has 3 aliphatic rings. The van der Waals surface area contributed by atoms with E-state index in [1.54, 1.807) is 24.3 Å². The monoisotopic (exact) mass is 521 g/mol. The Kier molecular flexibility index (Phi) is 7.15. The molecular weight excluding hydrogens is 486 g/mol. The van der Waals surface area contributed by atoms with E-state index in [9.17, 15) is 19.5 Å². The van der Waals surface area contributed by atoms with Crippen LogP contribution >= 0.6 is 0 Å². The first kappa shape index (κ1) is 26.2. The summed E-state index contributed by atoms with van der Waals surface area (Å²) in [5.74, 6) is -1.71. The Hall–Kier alpha value is -3.43. The van der Waals surface area contributed by atoms with Gasteiger partial charge in [0.2, 0.25) is 17.7 Å². The van der Waals surface area contributed by atoms with Gasteiger partial charge in [0.05, 0.1) is 24.0 Å². The molecule has 3 fully saturated rings. The van der Waals surface area contributed by atoms with Gasteiger partial charge in [0.15, 0.2) is 0 Å². The molecule has 9 nitrogen and oxygen atoms in total. The highest BCUT2D eigenvalue weighted by Gasteiger charge is 2.77. The Morgan fingerprint density at radius 2 is 1.84 bits per heavy atom. The summed E-state index contributed by atoms with van der Waals surface area (Å²) in [6.45, 7) is 4.73. The minimum atomic E-state index is -1.09. The number of nitrogens with one attached hydrogen (secondary N) is 2. The standard InChI is InChI=1S/C29H35N3O6/c1-3-37-21-12-10-20(11-13-21)31-25(34)22-23-27(36)32(16-7-17-33)24(29(23)15-14-28(22,2)38-29)26(35)30-18-19-8-5-4-6-9-19/h4-6,8-13,22-24,33H,3,7,14-18H2,1-2H3,(H,30,35)(H,31,34)/t22-,23+,24?,28+,29?/m1/s1. The van der Waals surface area contributed by atoms with Crippen molar-refractivity contribution in [2.24, 2.45) is 11.8 Å². The number of nitrogens with zero attached hydrogens (tertiary/aromatic N) is 1. The average Bonchev–Trinajstić information content (AvgIpc) is 3.48. The molecule has 3 N–H and O–H groups in total. The maximum absolute atomic E-state index is 13.9. The first-order valence-corrected chi connectivity index (χ1v) is 13.3. The lowest BCUT2D eigenvalue weighted by Gasteiger charge is -2.33. The Bertz CT molecular complexity index is 1190. The molecule has 5 rings (SSSR count). The molecule has 5 atom stereocenters. The third kappa shape index (κ3) is 4.43. The molecule has 2 aromatic carbocycles. The summed E-state index contributed by atoms with van der Waals surface area (Å²) in [7, 11) is 0. The minimum absolute atomic E-state index is 0.111. The van der Waals surface area contributed by atoms with Gasteiger partial charge in [-0.05, 0) is 62.9 Å². The van der Waals surface area contributed by atoms with Gasteiger partial charge in [-0.2, -0.15) is 0 Å². The molecule has 3 heterocycles. The largest absolute Gasteiger partial charge is 0.494 e. The van der Waals surface area contributed by atoms with Gasteiger partial charge >= 0.3 is 0 Å². The average molecular weight is 522 g/mol. The fourth-order valence-electron chi connectivity index (χ4n) is 6.51. The van der Waals surface area contributed by atoms with Crippen LogP contribution in [0.5, 0.6) is 5.75 Å². The number of benzene rings is 2. The van der Waals surface area contributed by atoms with Crippen LogP contribution in [-0.4, -0.2) is 64.7 Å². The van der Waals surface area contributed by atoms with Crippen molar-refractivity contribution in [3.8, 4) is 5.75 Å². The number of carbonyl (C=O) groups excluding carboxylic acids is 3. The van der Waals surface area contributed by atoms with Crippen molar-refractivity contribution < 1.29 is 29.0 Å². The van der Waals surface area contributed by atoms with Crippen molar-refractivity contribution in [1.29, 1.82) is 0 Å². The predicted molar refractivity (Wildman–Crippen MR) is 140 cm³/mol. The first-order chi connectivity index (χ1) is 18.3. The number of fused-ring (bicyclic) bond motifs is 1. The molecule has 0 aliphatic carbocycles. The lowest BCUT2D eigenvalue weighted by Crippen LogP contribution is -2.55. The first-order valence-electron chi connectivity index (χ1n) is 13.3. The van der Waals surface area contributed by atoms with Gasteiger partial charge in [0.25, 0.3) is 0 Å².